The minimum absolute atomic E-state index is 0.109. The van der Waals surface area contributed by atoms with Crippen LogP contribution in [-0.2, 0) is 6.54 Å². The molecule has 1 heterocycles. The summed E-state index contributed by atoms with van der Waals surface area (Å²) in [5.41, 5.74) is 0.878. The Balaban J connectivity index is 2.13. The molecule has 0 unspecified atom stereocenters. The van der Waals surface area contributed by atoms with E-state index in [-0.39, 0.29) is 5.69 Å². The van der Waals surface area contributed by atoms with Gasteiger partial charge in [0, 0.05) is 18.9 Å². The molecule has 0 fully saturated rings. The monoisotopic (exact) mass is 254 g/mol. The highest BCUT2D eigenvalue weighted by atomic mass is 35.5. The van der Waals surface area contributed by atoms with Crippen LogP contribution in [0.4, 0.5) is 14.5 Å². The minimum Gasteiger partial charge on any atom is -0.378 e. The van der Waals surface area contributed by atoms with Gasteiger partial charge in [-0.3, -0.25) is 4.98 Å². The van der Waals surface area contributed by atoms with E-state index in [1.807, 2.05) is 0 Å². The molecule has 2 nitrogen and oxygen atoms in total. The lowest BCUT2D eigenvalue weighted by molar-refractivity contribution is 0.511. The summed E-state index contributed by atoms with van der Waals surface area (Å²) in [6.07, 6.45) is 3.09. The molecule has 2 aromatic rings. The van der Waals surface area contributed by atoms with Crippen LogP contribution in [0, 0.1) is 11.6 Å². The molecule has 1 aromatic heterocycles. The van der Waals surface area contributed by atoms with Crippen molar-refractivity contribution in [2.45, 2.75) is 6.54 Å². The standard InChI is InChI=1S/C12H9ClF2N2/c13-9-7-16-5-4-8(9)6-17-11-3-1-2-10(14)12(11)15/h1-5,7,17H,6H2. The van der Waals surface area contributed by atoms with Crippen LogP contribution in [0.15, 0.2) is 36.7 Å². The van der Waals surface area contributed by atoms with Crippen molar-refractivity contribution < 1.29 is 8.78 Å². The van der Waals surface area contributed by atoms with Crippen LogP contribution in [0.2, 0.25) is 5.02 Å². The van der Waals surface area contributed by atoms with E-state index in [0.717, 1.165) is 11.6 Å². The first kappa shape index (κ1) is 11.8. The van der Waals surface area contributed by atoms with Crippen LogP contribution in [0.25, 0.3) is 0 Å². The number of nitrogens with zero attached hydrogens (tertiary/aromatic N) is 1. The third-order valence-corrected chi connectivity index (χ3v) is 2.62. The van der Waals surface area contributed by atoms with Gasteiger partial charge in [0.15, 0.2) is 11.6 Å². The molecule has 2 rings (SSSR count). The van der Waals surface area contributed by atoms with Gasteiger partial charge in [0.2, 0.25) is 0 Å². The molecule has 17 heavy (non-hydrogen) atoms. The van der Waals surface area contributed by atoms with Crippen molar-refractivity contribution in [1.29, 1.82) is 0 Å². The zero-order valence-electron chi connectivity index (χ0n) is 8.75. The highest BCUT2D eigenvalue weighted by Gasteiger charge is 2.07. The second-order valence-corrected chi connectivity index (χ2v) is 3.83. The molecule has 0 amide bonds. The molecule has 1 N–H and O–H groups in total. The average Bonchev–Trinajstić information content (AvgIpc) is 2.33. The largest absolute Gasteiger partial charge is 0.378 e. The number of rotatable bonds is 3. The number of pyridine rings is 1. The SMILES string of the molecule is Fc1cccc(NCc2ccncc2Cl)c1F. The van der Waals surface area contributed by atoms with Gasteiger partial charge in [-0.1, -0.05) is 17.7 Å². The van der Waals surface area contributed by atoms with Crippen molar-refractivity contribution in [3.63, 3.8) is 0 Å². The fraction of sp³-hybridized carbons (Fsp3) is 0.0833. The van der Waals surface area contributed by atoms with Gasteiger partial charge in [-0.2, -0.15) is 0 Å². The predicted molar refractivity (Wildman–Crippen MR) is 62.9 cm³/mol. The van der Waals surface area contributed by atoms with Gasteiger partial charge in [0.05, 0.1) is 10.7 Å². The predicted octanol–water partition coefficient (Wildman–Crippen LogP) is 3.63. The van der Waals surface area contributed by atoms with Crippen LogP contribution in [0.3, 0.4) is 0 Å². The quantitative estimate of drug-likeness (QED) is 0.905. The number of hydrogen-bond acceptors (Lipinski definition) is 2. The number of anilines is 1. The Morgan fingerprint density at radius 2 is 2.06 bits per heavy atom. The summed E-state index contributed by atoms with van der Waals surface area (Å²) in [6.45, 7) is 0.307. The van der Waals surface area contributed by atoms with E-state index in [1.54, 1.807) is 12.3 Å². The molecule has 0 bridgehead atoms. The van der Waals surface area contributed by atoms with Crippen molar-refractivity contribution >= 4 is 17.3 Å². The summed E-state index contributed by atoms with van der Waals surface area (Å²) in [5.74, 6) is -1.77. The molecular weight excluding hydrogens is 246 g/mol. The molecule has 0 atom stereocenters. The van der Waals surface area contributed by atoms with Crippen molar-refractivity contribution in [1.82, 2.24) is 4.98 Å². The summed E-state index contributed by atoms with van der Waals surface area (Å²) >= 11 is 5.89. The van der Waals surface area contributed by atoms with Gasteiger partial charge in [-0.25, -0.2) is 8.78 Å². The van der Waals surface area contributed by atoms with Crippen molar-refractivity contribution in [2.75, 3.05) is 5.32 Å². The highest BCUT2D eigenvalue weighted by Crippen LogP contribution is 2.19. The third-order valence-electron chi connectivity index (χ3n) is 2.28. The second kappa shape index (κ2) is 5.10. The maximum Gasteiger partial charge on any atom is 0.181 e. The molecule has 88 valence electrons. The van der Waals surface area contributed by atoms with E-state index < -0.39 is 11.6 Å². The number of nitrogens with one attached hydrogen (secondary N) is 1. The molecule has 0 radical (unpaired) electrons. The minimum atomic E-state index is -0.891. The third kappa shape index (κ3) is 2.71. The Kier molecular flexibility index (Phi) is 3.54. The van der Waals surface area contributed by atoms with Gasteiger partial charge in [-0.15, -0.1) is 0 Å². The van der Waals surface area contributed by atoms with Gasteiger partial charge < -0.3 is 5.32 Å². The van der Waals surface area contributed by atoms with Crippen LogP contribution in [0.5, 0.6) is 0 Å². The molecule has 0 saturated heterocycles. The lowest BCUT2D eigenvalue weighted by atomic mass is 10.2. The number of halogens is 3. The smallest absolute Gasteiger partial charge is 0.181 e. The fourth-order valence-electron chi connectivity index (χ4n) is 1.38. The summed E-state index contributed by atoms with van der Waals surface area (Å²) in [6, 6.07) is 5.69. The molecule has 1 aromatic carbocycles. The van der Waals surface area contributed by atoms with E-state index in [2.05, 4.69) is 10.3 Å². The Labute approximate surface area is 102 Å². The van der Waals surface area contributed by atoms with Crippen LogP contribution in [-0.4, -0.2) is 4.98 Å². The van der Waals surface area contributed by atoms with Gasteiger partial charge >= 0.3 is 0 Å². The summed E-state index contributed by atoms with van der Waals surface area (Å²) in [5, 5.41) is 3.27. The van der Waals surface area contributed by atoms with E-state index in [0.29, 0.717) is 11.6 Å². The summed E-state index contributed by atoms with van der Waals surface area (Å²) < 4.78 is 26.3. The zero-order chi connectivity index (χ0) is 12.3. The second-order valence-electron chi connectivity index (χ2n) is 3.42. The molecule has 0 saturated carbocycles. The van der Waals surface area contributed by atoms with E-state index >= 15 is 0 Å². The fourth-order valence-corrected chi connectivity index (χ4v) is 1.56. The molecule has 0 aliphatic carbocycles. The summed E-state index contributed by atoms with van der Waals surface area (Å²) in [7, 11) is 0. The maximum absolute atomic E-state index is 13.3. The Morgan fingerprint density at radius 1 is 1.24 bits per heavy atom. The number of hydrogen-bond donors (Lipinski definition) is 1. The number of benzene rings is 1. The highest BCUT2D eigenvalue weighted by molar-refractivity contribution is 6.31. The molecule has 0 spiro atoms. The van der Waals surface area contributed by atoms with Crippen LogP contribution >= 0.6 is 11.6 Å². The van der Waals surface area contributed by atoms with Crippen LogP contribution < -0.4 is 5.32 Å². The topological polar surface area (TPSA) is 24.9 Å². The lowest BCUT2D eigenvalue weighted by Crippen LogP contribution is -2.03. The van der Waals surface area contributed by atoms with E-state index in [9.17, 15) is 8.78 Å². The van der Waals surface area contributed by atoms with Gasteiger partial charge in [0.1, 0.15) is 0 Å². The van der Waals surface area contributed by atoms with E-state index in [1.165, 1.54) is 18.3 Å². The molecular formula is C12H9ClF2N2. The van der Waals surface area contributed by atoms with Crippen molar-refractivity contribution in [2.24, 2.45) is 0 Å². The Hall–Kier alpha value is -1.68. The molecule has 5 heteroatoms. The van der Waals surface area contributed by atoms with Crippen molar-refractivity contribution in [3.05, 3.63) is 58.9 Å². The number of aromatic nitrogens is 1. The Morgan fingerprint density at radius 3 is 2.82 bits per heavy atom. The first-order valence-electron chi connectivity index (χ1n) is 4.95. The zero-order valence-corrected chi connectivity index (χ0v) is 9.51. The molecule has 0 aliphatic heterocycles. The van der Waals surface area contributed by atoms with Crippen molar-refractivity contribution in [3.8, 4) is 0 Å². The maximum atomic E-state index is 13.3. The first-order valence-corrected chi connectivity index (χ1v) is 5.32. The van der Waals surface area contributed by atoms with Gasteiger partial charge in [-0.05, 0) is 23.8 Å². The average molecular weight is 255 g/mol. The first-order chi connectivity index (χ1) is 8.18. The summed E-state index contributed by atoms with van der Waals surface area (Å²) in [4.78, 5) is 3.84. The molecule has 0 aliphatic rings. The lowest BCUT2D eigenvalue weighted by Gasteiger charge is -2.08. The normalized spacial score (nSPS) is 10.3. The Bertz CT molecular complexity index is 532. The van der Waals surface area contributed by atoms with Crippen LogP contribution in [0.1, 0.15) is 5.56 Å². The van der Waals surface area contributed by atoms with E-state index in [4.69, 9.17) is 11.6 Å². The van der Waals surface area contributed by atoms with Gasteiger partial charge in [0.25, 0.3) is 0 Å².